The molecule has 0 aliphatic heterocycles. The fourth-order valence-corrected chi connectivity index (χ4v) is 1.74. The van der Waals surface area contributed by atoms with Crippen LogP contribution in [-0.4, -0.2) is 12.6 Å². The van der Waals surface area contributed by atoms with Crippen molar-refractivity contribution in [2.75, 3.05) is 6.61 Å². The van der Waals surface area contributed by atoms with Crippen molar-refractivity contribution in [3.05, 3.63) is 41.5 Å². The fraction of sp³-hybridized carbons (Fsp3) is 0.333. The highest BCUT2D eigenvalue weighted by Crippen LogP contribution is 2.24. The van der Waals surface area contributed by atoms with Gasteiger partial charge in [0.1, 0.15) is 11.6 Å². The Morgan fingerprint density at radius 2 is 1.94 bits per heavy atom. The predicted octanol–water partition coefficient (Wildman–Crippen LogP) is 3.33. The van der Waals surface area contributed by atoms with Gasteiger partial charge in [-0.25, -0.2) is 4.79 Å². The normalized spacial score (nSPS) is 11.4. The van der Waals surface area contributed by atoms with Crippen molar-refractivity contribution in [1.29, 1.82) is 5.26 Å². The highest BCUT2D eigenvalue weighted by molar-refractivity contribution is 6.01. The van der Waals surface area contributed by atoms with Gasteiger partial charge in [0.2, 0.25) is 0 Å². The van der Waals surface area contributed by atoms with Crippen LogP contribution in [0.25, 0.3) is 5.57 Å². The predicted molar refractivity (Wildman–Crippen MR) is 70.5 cm³/mol. The molecule has 0 aliphatic rings. The van der Waals surface area contributed by atoms with Gasteiger partial charge in [-0.3, -0.25) is 0 Å². The molecule has 0 aliphatic carbocycles. The first kappa shape index (κ1) is 14.0. The number of hydrogen-bond acceptors (Lipinski definition) is 3. The molecular weight excluding hydrogens is 226 g/mol. The molecule has 0 radical (unpaired) electrons. The number of carbonyl (C=O) groups excluding carboxylic acids is 1. The van der Waals surface area contributed by atoms with E-state index in [9.17, 15) is 10.1 Å². The van der Waals surface area contributed by atoms with Gasteiger partial charge in [-0.05, 0) is 24.5 Å². The third kappa shape index (κ3) is 3.46. The van der Waals surface area contributed by atoms with Crippen LogP contribution in [0.1, 0.15) is 32.3 Å². The first-order valence-electron chi connectivity index (χ1n) is 6.10. The maximum absolute atomic E-state index is 11.8. The third-order valence-electron chi connectivity index (χ3n) is 2.52. The lowest BCUT2D eigenvalue weighted by Gasteiger charge is -2.09. The molecule has 0 atom stereocenters. The Hall–Kier alpha value is -2.08. The number of esters is 1. The molecule has 0 bridgehead atoms. The number of benzene rings is 1. The highest BCUT2D eigenvalue weighted by Gasteiger charge is 2.17. The molecule has 0 saturated heterocycles. The van der Waals surface area contributed by atoms with Crippen LogP contribution in [0.15, 0.2) is 35.9 Å². The Morgan fingerprint density at radius 3 is 2.44 bits per heavy atom. The molecule has 3 heteroatoms. The molecule has 18 heavy (non-hydrogen) atoms. The minimum absolute atomic E-state index is 0.116. The van der Waals surface area contributed by atoms with Crippen LogP contribution < -0.4 is 0 Å². The van der Waals surface area contributed by atoms with Crippen LogP contribution in [-0.2, 0) is 9.53 Å². The van der Waals surface area contributed by atoms with Crippen LogP contribution >= 0.6 is 0 Å². The Morgan fingerprint density at radius 1 is 1.28 bits per heavy atom. The quantitative estimate of drug-likeness (QED) is 0.453. The Bertz CT molecular complexity index is 469. The second-order valence-electron chi connectivity index (χ2n) is 3.80. The van der Waals surface area contributed by atoms with Crippen LogP contribution in [0.4, 0.5) is 0 Å². The van der Waals surface area contributed by atoms with Crippen molar-refractivity contribution >= 4 is 11.5 Å². The lowest BCUT2D eigenvalue weighted by Crippen LogP contribution is -2.09. The van der Waals surface area contributed by atoms with E-state index in [2.05, 4.69) is 0 Å². The van der Waals surface area contributed by atoms with E-state index < -0.39 is 5.97 Å². The molecule has 0 spiro atoms. The van der Waals surface area contributed by atoms with Crippen molar-refractivity contribution in [2.24, 2.45) is 0 Å². The molecular formula is C15H17NO2. The van der Waals surface area contributed by atoms with Crippen LogP contribution in [0.2, 0.25) is 0 Å². The van der Waals surface area contributed by atoms with Crippen molar-refractivity contribution in [3.8, 4) is 6.07 Å². The van der Waals surface area contributed by atoms with Gasteiger partial charge < -0.3 is 4.74 Å². The molecule has 0 saturated carbocycles. The van der Waals surface area contributed by atoms with Gasteiger partial charge in [0.25, 0.3) is 0 Å². The number of hydrogen-bond donors (Lipinski definition) is 0. The molecule has 0 amide bonds. The van der Waals surface area contributed by atoms with Crippen molar-refractivity contribution in [2.45, 2.75) is 26.7 Å². The zero-order valence-corrected chi connectivity index (χ0v) is 10.8. The fourth-order valence-electron chi connectivity index (χ4n) is 1.74. The molecule has 1 rings (SSSR count). The standard InChI is InChI=1S/C15H17NO2/c1-3-8-13(12-9-6-5-7-10-12)14(11-16)15(17)18-4-2/h5-7,9-10H,3-4,8H2,1-2H3. The maximum Gasteiger partial charge on any atom is 0.349 e. The average molecular weight is 243 g/mol. The van der Waals surface area contributed by atoms with Crippen LogP contribution in [0.5, 0.6) is 0 Å². The van der Waals surface area contributed by atoms with Crippen LogP contribution in [0.3, 0.4) is 0 Å². The topological polar surface area (TPSA) is 50.1 Å². The van der Waals surface area contributed by atoms with E-state index in [1.807, 2.05) is 43.3 Å². The van der Waals surface area contributed by atoms with E-state index in [0.29, 0.717) is 6.42 Å². The number of rotatable bonds is 5. The zero-order valence-electron chi connectivity index (χ0n) is 10.8. The summed E-state index contributed by atoms with van der Waals surface area (Å²) in [6.07, 6.45) is 1.56. The summed E-state index contributed by atoms with van der Waals surface area (Å²) in [6, 6.07) is 11.5. The summed E-state index contributed by atoms with van der Waals surface area (Å²) in [6.45, 7) is 4.02. The summed E-state index contributed by atoms with van der Waals surface area (Å²) >= 11 is 0. The van der Waals surface area contributed by atoms with E-state index >= 15 is 0 Å². The Kier molecular flexibility index (Phi) is 5.66. The lowest BCUT2D eigenvalue weighted by atomic mass is 9.96. The number of ether oxygens (including phenoxy) is 1. The number of nitriles is 1. The van der Waals surface area contributed by atoms with Gasteiger partial charge in [-0.1, -0.05) is 43.7 Å². The minimum Gasteiger partial charge on any atom is -0.462 e. The van der Waals surface area contributed by atoms with E-state index in [1.54, 1.807) is 6.92 Å². The van der Waals surface area contributed by atoms with Crippen molar-refractivity contribution in [3.63, 3.8) is 0 Å². The third-order valence-corrected chi connectivity index (χ3v) is 2.52. The first-order valence-corrected chi connectivity index (χ1v) is 6.10. The second-order valence-corrected chi connectivity index (χ2v) is 3.80. The number of allylic oxidation sites excluding steroid dienone is 1. The molecule has 1 aromatic carbocycles. The van der Waals surface area contributed by atoms with Gasteiger partial charge in [-0.15, -0.1) is 0 Å². The smallest absolute Gasteiger partial charge is 0.349 e. The molecule has 0 heterocycles. The molecule has 0 unspecified atom stereocenters. The Labute approximate surface area is 108 Å². The summed E-state index contributed by atoms with van der Waals surface area (Å²) in [5.74, 6) is -0.535. The van der Waals surface area contributed by atoms with Gasteiger partial charge in [0, 0.05) is 0 Å². The number of nitrogens with zero attached hydrogens (tertiary/aromatic N) is 1. The number of carbonyl (C=O) groups is 1. The summed E-state index contributed by atoms with van der Waals surface area (Å²) in [7, 11) is 0. The van der Waals surface area contributed by atoms with E-state index in [0.717, 1.165) is 17.6 Å². The van der Waals surface area contributed by atoms with Crippen LogP contribution in [0, 0.1) is 11.3 Å². The Balaban J connectivity index is 3.23. The highest BCUT2D eigenvalue weighted by atomic mass is 16.5. The summed E-state index contributed by atoms with van der Waals surface area (Å²) in [4.78, 5) is 11.8. The average Bonchev–Trinajstić information content (AvgIpc) is 2.40. The lowest BCUT2D eigenvalue weighted by molar-refractivity contribution is -0.137. The van der Waals surface area contributed by atoms with Gasteiger partial charge >= 0.3 is 5.97 Å². The molecule has 0 fully saturated rings. The molecule has 1 aromatic rings. The van der Waals surface area contributed by atoms with Crippen molar-refractivity contribution in [1.82, 2.24) is 0 Å². The first-order chi connectivity index (χ1) is 8.74. The molecule has 0 aromatic heterocycles. The summed E-state index contributed by atoms with van der Waals surface area (Å²) in [5.41, 5.74) is 1.79. The maximum atomic E-state index is 11.8. The summed E-state index contributed by atoms with van der Waals surface area (Å²) < 4.78 is 4.92. The van der Waals surface area contributed by atoms with Crippen molar-refractivity contribution < 1.29 is 9.53 Å². The van der Waals surface area contributed by atoms with Gasteiger partial charge in [0.15, 0.2) is 0 Å². The molecule has 94 valence electrons. The largest absolute Gasteiger partial charge is 0.462 e. The molecule has 3 nitrogen and oxygen atoms in total. The van der Waals surface area contributed by atoms with E-state index in [4.69, 9.17) is 4.74 Å². The van der Waals surface area contributed by atoms with Gasteiger partial charge in [-0.2, -0.15) is 5.26 Å². The molecule has 0 N–H and O–H groups in total. The second kappa shape index (κ2) is 7.29. The zero-order chi connectivity index (χ0) is 13.4. The minimum atomic E-state index is -0.535. The van der Waals surface area contributed by atoms with E-state index in [1.165, 1.54) is 0 Å². The van der Waals surface area contributed by atoms with E-state index in [-0.39, 0.29) is 12.2 Å². The monoisotopic (exact) mass is 243 g/mol. The SMILES string of the molecule is CCCC(=C(C#N)C(=O)OCC)c1ccccc1. The van der Waals surface area contributed by atoms with Gasteiger partial charge in [0.05, 0.1) is 6.61 Å². The summed E-state index contributed by atoms with van der Waals surface area (Å²) in [5, 5.41) is 9.17.